The van der Waals surface area contributed by atoms with Gasteiger partial charge in [-0.1, -0.05) is 13.8 Å². The Balaban J connectivity index is 2.53. The molecule has 2 bridgehead atoms. The number of fused-ring (bicyclic) bond motifs is 2. The number of hydrogen-bond donors (Lipinski definition) is 0. The molecular weight excluding hydrogens is 238 g/mol. The van der Waals surface area contributed by atoms with E-state index in [0.717, 1.165) is 6.42 Å². The molecule has 0 saturated heterocycles. The highest BCUT2D eigenvalue weighted by molar-refractivity contribution is 7.92. The summed E-state index contributed by atoms with van der Waals surface area (Å²) >= 11 is 0. The molecule has 2 saturated carbocycles. The molecule has 2 aliphatic rings. The van der Waals surface area contributed by atoms with Gasteiger partial charge in [0.1, 0.15) is 11.2 Å². The minimum Gasteiger partial charge on any atom is -0.298 e. The van der Waals surface area contributed by atoms with Crippen molar-refractivity contribution < 1.29 is 13.8 Å². The van der Waals surface area contributed by atoms with Gasteiger partial charge in [0.05, 0.1) is 0 Å². The van der Waals surface area contributed by atoms with E-state index < -0.39 is 21.1 Å². The van der Waals surface area contributed by atoms with Gasteiger partial charge in [-0.2, -0.15) is 4.36 Å². The van der Waals surface area contributed by atoms with Crippen LogP contribution in [0, 0.1) is 16.7 Å². The van der Waals surface area contributed by atoms with Gasteiger partial charge in [-0.15, -0.1) is 0 Å². The van der Waals surface area contributed by atoms with Gasteiger partial charge in [-0.3, -0.25) is 9.59 Å². The van der Waals surface area contributed by atoms with E-state index in [2.05, 4.69) is 4.36 Å². The maximum Gasteiger partial charge on any atom is 0.267 e. The quantitative estimate of drug-likeness (QED) is 0.671. The van der Waals surface area contributed by atoms with Crippen LogP contribution in [0.3, 0.4) is 0 Å². The van der Waals surface area contributed by atoms with Crippen molar-refractivity contribution in [3.8, 4) is 0 Å². The summed E-state index contributed by atoms with van der Waals surface area (Å²) < 4.78 is 15.4. The van der Waals surface area contributed by atoms with Crippen molar-refractivity contribution in [2.45, 2.75) is 33.1 Å². The van der Waals surface area contributed by atoms with Gasteiger partial charge >= 0.3 is 0 Å². The van der Waals surface area contributed by atoms with E-state index in [-0.39, 0.29) is 17.1 Å². The Kier molecular flexibility index (Phi) is 2.55. The zero-order valence-electron chi connectivity index (χ0n) is 10.8. The van der Waals surface area contributed by atoms with Crippen molar-refractivity contribution in [3.63, 3.8) is 0 Å². The van der Waals surface area contributed by atoms with E-state index in [0.29, 0.717) is 12.8 Å². The topological polar surface area (TPSA) is 63.6 Å². The van der Waals surface area contributed by atoms with Gasteiger partial charge in [-0.25, -0.2) is 4.21 Å². The Bertz CT molecular complexity index is 506. The molecule has 17 heavy (non-hydrogen) atoms. The van der Waals surface area contributed by atoms with Crippen LogP contribution in [0.25, 0.3) is 0 Å². The highest BCUT2D eigenvalue weighted by Crippen LogP contribution is 2.64. The van der Waals surface area contributed by atoms with E-state index in [1.165, 1.54) is 12.5 Å². The van der Waals surface area contributed by atoms with Crippen LogP contribution in [0.2, 0.25) is 0 Å². The Labute approximate surface area is 102 Å². The first kappa shape index (κ1) is 12.7. The number of nitrogens with zero attached hydrogens (tertiary/aromatic N) is 1. The molecule has 4 nitrogen and oxygen atoms in total. The predicted octanol–water partition coefficient (Wildman–Crippen LogP) is 1.64. The van der Waals surface area contributed by atoms with Crippen molar-refractivity contribution in [1.29, 1.82) is 0 Å². The number of amides is 1. The molecule has 0 unspecified atom stereocenters. The van der Waals surface area contributed by atoms with Crippen LogP contribution in [0.1, 0.15) is 33.1 Å². The van der Waals surface area contributed by atoms with Gasteiger partial charge in [0.25, 0.3) is 5.91 Å². The van der Waals surface area contributed by atoms with E-state index in [1.54, 1.807) is 0 Å². The number of hydrogen-bond acceptors (Lipinski definition) is 3. The van der Waals surface area contributed by atoms with Crippen molar-refractivity contribution in [1.82, 2.24) is 0 Å². The van der Waals surface area contributed by atoms with Gasteiger partial charge in [0.2, 0.25) is 0 Å². The second-order valence-corrected chi connectivity index (χ2v) is 8.61. The summed E-state index contributed by atoms with van der Waals surface area (Å²) in [5.41, 5.74) is -1.33. The van der Waals surface area contributed by atoms with Crippen LogP contribution < -0.4 is 0 Å². The minimum atomic E-state index is -2.49. The molecule has 0 aliphatic heterocycles. The summed E-state index contributed by atoms with van der Waals surface area (Å²) in [5, 5.41) is 0. The lowest BCUT2D eigenvalue weighted by Crippen LogP contribution is -2.43. The summed E-state index contributed by atoms with van der Waals surface area (Å²) in [4.78, 5) is 24.4. The lowest BCUT2D eigenvalue weighted by Gasteiger charge is -2.33. The number of carbonyl (C=O) groups is 2. The van der Waals surface area contributed by atoms with Crippen LogP contribution in [-0.4, -0.2) is 28.4 Å². The molecule has 2 fully saturated rings. The molecule has 0 aromatic carbocycles. The summed E-state index contributed by atoms with van der Waals surface area (Å²) in [6.45, 7) is 3.94. The Morgan fingerprint density at radius 3 is 2.35 bits per heavy atom. The molecule has 1 amide bonds. The molecule has 0 aromatic heterocycles. The largest absolute Gasteiger partial charge is 0.298 e. The first-order chi connectivity index (χ1) is 7.61. The molecule has 0 spiro atoms. The smallest absolute Gasteiger partial charge is 0.267 e. The molecule has 2 aliphatic carbocycles. The molecule has 0 aromatic rings. The van der Waals surface area contributed by atoms with E-state index in [4.69, 9.17) is 0 Å². The molecule has 0 heterocycles. The van der Waals surface area contributed by atoms with Crippen LogP contribution >= 0.6 is 0 Å². The summed E-state index contributed by atoms with van der Waals surface area (Å²) in [6, 6.07) is 0. The maximum absolute atomic E-state index is 12.3. The summed E-state index contributed by atoms with van der Waals surface area (Å²) in [6.07, 6.45) is 4.81. The van der Waals surface area contributed by atoms with E-state index >= 15 is 0 Å². The normalized spacial score (nSPS) is 35.1. The number of rotatable bonds is 1. The highest BCUT2D eigenvalue weighted by Gasteiger charge is 2.68. The fourth-order valence-corrected chi connectivity index (χ4v) is 4.01. The van der Waals surface area contributed by atoms with Gasteiger partial charge in [-0.05, 0) is 24.2 Å². The second-order valence-electron chi connectivity index (χ2n) is 6.07. The summed E-state index contributed by atoms with van der Waals surface area (Å²) in [7, 11) is -2.49. The van der Waals surface area contributed by atoms with Crippen molar-refractivity contribution in [2.75, 3.05) is 12.5 Å². The second kappa shape index (κ2) is 3.40. The third-order valence-corrected chi connectivity index (χ3v) is 5.17. The molecule has 0 radical (unpaired) electrons. The minimum absolute atomic E-state index is 0.00356. The molecule has 0 N–H and O–H groups in total. The zero-order chi connectivity index (χ0) is 13.1. The van der Waals surface area contributed by atoms with Crippen LogP contribution in [0.4, 0.5) is 0 Å². The number of ketones is 1. The fourth-order valence-electron chi connectivity index (χ4n) is 3.46. The molecule has 2 rings (SSSR count). The van der Waals surface area contributed by atoms with Gasteiger partial charge < -0.3 is 0 Å². The SMILES string of the molecule is CC1(C)[C@@H]2CC[C@@]1(C(=O)N=S(C)(C)=O)C(=O)C2. The first-order valence-corrected chi connectivity index (χ1v) is 8.19. The van der Waals surface area contributed by atoms with Crippen molar-refractivity contribution in [3.05, 3.63) is 0 Å². The Morgan fingerprint density at radius 1 is 1.41 bits per heavy atom. The third kappa shape index (κ3) is 1.58. The van der Waals surface area contributed by atoms with Crippen LogP contribution in [0.5, 0.6) is 0 Å². The molecular formula is C12H19NO3S. The maximum atomic E-state index is 12.3. The molecule has 2 atom stereocenters. The Morgan fingerprint density at radius 2 is 2.00 bits per heavy atom. The highest BCUT2D eigenvalue weighted by atomic mass is 32.2. The Hall–Kier alpha value is -0.710. The first-order valence-electron chi connectivity index (χ1n) is 5.86. The number of Topliss-reactive ketones (excluding diaryl/α,β-unsaturated/α-hetero) is 1. The van der Waals surface area contributed by atoms with Crippen molar-refractivity contribution >= 4 is 21.4 Å². The monoisotopic (exact) mass is 257 g/mol. The zero-order valence-corrected chi connectivity index (χ0v) is 11.6. The lowest BCUT2D eigenvalue weighted by molar-refractivity contribution is -0.142. The average Bonchev–Trinajstić information content (AvgIpc) is 2.47. The predicted molar refractivity (Wildman–Crippen MR) is 66.0 cm³/mol. The van der Waals surface area contributed by atoms with Crippen LogP contribution in [-0.2, 0) is 19.3 Å². The number of carbonyl (C=O) groups excluding carboxylic acids is 2. The standard InChI is InChI=1S/C12H19NO3S/c1-11(2)8-5-6-12(11,9(14)7-8)10(15)13-17(3,4)16/h8H,5-7H2,1-4H3/t8-,12+/m1/s1. The summed E-state index contributed by atoms with van der Waals surface area (Å²) in [5.74, 6) is -0.183. The van der Waals surface area contributed by atoms with Gasteiger partial charge in [0, 0.05) is 28.7 Å². The van der Waals surface area contributed by atoms with Gasteiger partial charge in [0.15, 0.2) is 0 Å². The van der Waals surface area contributed by atoms with E-state index in [9.17, 15) is 13.8 Å². The van der Waals surface area contributed by atoms with Crippen LogP contribution in [0.15, 0.2) is 4.36 Å². The third-order valence-electron chi connectivity index (χ3n) is 4.56. The molecule has 5 heteroatoms. The average molecular weight is 257 g/mol. The van der Waals surface area contributed by atoms with Crippen molar-refractivity contribution in [2.24, 2.45) is 21.1 Å². The van der Waals surface area contributed by atoms with E-state index in [1.807, 2.05) is 13.8 Å². The molecule has 96 valence electrons. The fraction of sp³-hybridized carbons (Fsp3) is 0.833. The lowest BCUT2D eigenvalue weighted by atomic mass is 9.68.